The summed E-state index contributed by atoms with van der Waals surface area (Å²) in [6.07, 6.45) is 3.33. The molecule has 2 fully saturated rings. The maximum atomic E-state index is 13.6. The van der Waals surface area contributed by atoms with Crippen molar-refractivity contribution in [1.82, 2.24) is 15.1 Å². The number of nitrogens with zero attached hydrogens (tertiary/aromatic N) is 2. The minimum absolute atomic E-state index is 0.0838. The van der Waals surface area contributed by atoms with E-state index in [0.29, 0.717) is 37.3 Å². The summed E-state index contributed by atoms with van der Waals surface area (Å²) >= 11 is 0. The average Bonchev–Trinajstić information content (AvgIpc) is 2.82. The van der Waals surface area contributed by atoms with E-state index in [-0.39, 0.29) is 23.9 Å². The molecule has 1 N–H and O–H groups in total. The third kappa shape index (κ3) is 7.11. The number of methoxy groups -OCH3 is 1. The van der Waals surface area contributed by atoms with Gasteiger partial charge in [-0.15, -0.1) is 0 Å². The first kappa shape index (κ1) is 26.3. The smallest absolute Gasteiger partial charge is 0.245 e. The number of hydrogen-bond donors (Lipinski definition) is 1. The molecule has 2 atom stereocenters. The van der Waals surface area contributed by atoms with E-state index in [1.807, 2.05) is 34.1 Å². The van der Waals surface area contributed by atoms with Gasteiger partial charge in [-0.25, -0.2) is 0 Å². The van der Waals surface area contributed by atoms with Crippen molar-refractivity contribution in [2.45, 2.75) is 65.5 Å². The third-order valence-corrected chi connectivity index (χ3v) is 6.84. The van der Waals surface area contributed by atoms with Gasteiger partial charge in [0.2, 0.25) is 11.8 Å². The molecule has 34 heavy (non-hydrogen) atoms. The van der Waals surface area contributed by atoms with Gasteiger partial charge in [-0.1, -0.05) is 33.8 Å². The van der Waals surface area contributed by atoms with Crippen LogP contribution in [-0.2, 0) is 9.59 Å². The van der Waals surface area contributed by atoms with Crippen LogP contribution < -0.4 is 14.8 Å². The van der Waals surface area contributed by atoms with Gasteiger partial charge in [0.1, 0.15) is 17.5 Å². The molecule has 0 aliphatic carbocycles. The lowest BCUT2D eigenvalue weighted by atomic mass is 9.94. The molecule has 2 saturated heterocycles. The van der Waals surface area contributed by atoms with Crippen LogP contribution in [0.1, 0.15) is 53.4 Å². The third-order valence-electron chi connectivity index (χ3n) is 6.84. The molecule has 7 heteroatoms. The number of benzene rings is 1. The highest BCUT2D eigenvalue weighted by molar-refractivity contribution is 5.90. The average molecular weight is 474 g/mol. The molecule has 0 saturated carbocycles. The molecule has 1 aromatic rings. The number of amides is 2. The topological polar surface area (TPSA) is 71.1 Å². The van der Waals surface area contributed by atoms with Crippen LogP contribution in [0.4, 0.5) is 0 Å². The summed E-state index contributed by atoms with van der Waals surface area (Å²) in [6.45, 7) is 11.9. The minimum Gasteiger partial charge on any atom is -0.497 e. The number of carbonyl (C=O) groups is 2. The molecule has 1 aromatic carbocycles. The molecule has 0 bridgehead atoms. The fourth-order valence-electron chi connectivity index (χ4n) is 4.97. The summed E-state index contributed by atoms with van der Waals surface area (Å²) in [5.41, 5.74) is 0. The Balaban J connectivity index is 1.57. The largest absolute Gasteiger partial charge is 0.497 e. The fraction of sp³-hybridized carbons (Fsp3) is 0.704. The zero-order valence-corrected chi connectivity index (χ0v) is 21.6. The molecule has 0 spiro atoms. The van der Waals surface area contributed by atoms with Gasteiger partial charge < -0.3 is 24.6 Å². The van der Waals surface area contributed by atoms with Crippen molar-refractivity contribution in [2.24, 2.45) is 17.8 Å². The maximum absolute atomic E-state index is 13.6. The summed E-state index contributed by atoms with van der Waals surface area (Å²) in [5, 5.41) is 3.36. The molecule has 190 valence electrons. The predicted octanol–water partition coefficient (Wildman–Crippen LogP) is 3.57. The highest BCUT2D eigenvalue weighted by atomic mass is 16.5. The van der Waals surface area contributed by atoms with Crippen molar-refractivity contribution in [1.29, 1.82) is 0 Å². The van der Waals surface area contributed by atoms with Crippen molar-refractivity contribution in [3.05, 3.63) is 24.3 Å². The van der Waals surface area contributed by atoms with Gasteiger partial charge in [0.15, 0.2) is 0 Å². The van der Waals surface area contributed by atoms with Crippen LogP contribution in [0.15, 0.2) is 24.3 Å². The Hall–Kier alpha value is -2.28. The lowest BCUT2D eigenvalue weighted by Crippen LogP contribution is -2.62. The number of rotatable bonds is 10. The van der Waals surface area contributed by atoms with Gasteiger partial charge in [-0.3, -0.25) is 9.59 Å². The van der Waals surface area contributed by atoms with Gasteiger partial charge >= 0.3 is 0 Å². The van der Waals surface area contributed by atoms with E-state index < -0.39 is 0 Å². The molecule has 3 rings (SSSR count). The lowest BCUT2D eigenvalue weighted by Gasteiger charge is -2.42. The number of ether oxygens (including phenoxy) is 2. The van der Waals surface area contributed by atoms with Crippen LogP contribution in [0, 0.1) is 17.8 Å². The van der Waals surface area contributed by atoms with Crippen LogP contribution in [0.25, 0.3) is 0 Å². The van der Waals surface area contributed by atoms with Crippen LogP contribution in [0.2, 0.25) is 0 Å². The zero-order valence-electron chi connectivity index (χ0n) is 21.6. The molecule has 2 heterocycles. The van der Waals surface area contributed by atoms with Gasteiger partial charge in [-0.05, 0) is 55.6 Å². The summed E-state index contributed by atoms with van der Waals surface area (Å²) < 4.78 is 11.3. The van der Waals surface area contributed by atoms with Crippen LogP contribution in [0.3, 0.4) is 0 Å². The molecule has 2 aliphatic rings. The summed E-state index contributed by atoms with van der Waals surface area (Å²) in [5.74, 6) is 2.97. The Labute approximate surface area is 205 Å². The SMILES string of the molecule is COc1cccc(OCC2CCN(C(=O)[C@H](CC(C)C)N3CCN[C@@H](CC(C)C)C3=O)CC2)c1. The van der Waals surface area contributed by atoms with E-state index in [0.717, 1.165) is 50.4 Å². The monoisotopic (exact) mass is 473 g/mol. The standard InChI is InChI=1S/C27H43N3O4/c1-19(2)15-24-26(31)30(14-11-28-24)25(16-20(3)4)27(32)29-12-9-21(10-13-29)18-34-23-8-6-7-22(17-23)33-5/h6-8,17,19-21,24-25,28H,9-16,18H2,1-5H3/t24-,25-/m0/s1. The Morgan fingerprint density at radius 3 is 2.44 bits per heavy atom. The summed E-state index contributed by atoms with van der Waals surface area (Å²) in [7, 11) is 1.65. The van der Waals surface area contributed by atoms with Crippen molar-refractivity contribution in [2.75, 3.05) is 39.9 Å². The van der Waals surface area contributed by atoms with Gasteiger partial charge in [0.25, 0.3) is 0 Å². The quantitative estimate of drug-likeness (QED) is 0.563. The van der Waals surface area contributed by atoms with E-state index in [9.17, 15) is 9.59 Å². The zero-order chi connectivity index (χ0) is 24.7. The van der Waals surface area contributed by atoms with E-state index in [2.05, 4.69) is 33.0 Å². The number of hydrogen-bond acceptors (Lipinski definition) is 5. The minimum atomic E-state index is -0.367. The fourth-order valence-corrected chi connectivity index (χ4v) is 4.97. The van der Waals surface area contributed by atoms with E-state index in [1.165, 1.54) is 0 Å². The number of piperazine rings is 1. The number of piperidine rings is 1. The van der Waals surface area contributed by atoms with E-state index in [4.69, 9.17) is 9.47 Å². The number of nitrogens with one attached hydrogen (secondary N) is 1. The first-order valence-electron chi connectivity index (χ1n) is 12.9. The summed E-state index contributed by atoms with van der Waals surface area (Å²) in [4.78, 5) is 30.7. The second-order valence-corrected chi connectivity index (χ2v) is 10.6. The van der Waals surface area contributed by atoms with Gasteiger partial charge in [-0.2, -0.15) is 0 Å². The van der Waals surface area contributed by atoms with Crippen LogP contribution >= 0.6 is 0 Å². The maximum Gasteiger partial charge on any atom is 0.245 e. The molecule has 7 nitrogen and oxygen atoms in total. The second-order valence-electron chi connectivity index (χ2n) is 10.6. The van der Waals surface area contributed by atoms with Crippen molar-refractivity contribution >= 4 is 11.8 Å². The first-order valence-corrected chi connectivity index (χ1v) is 12.9. The first-order chi connectivity index (χ1) is 16.3. The Morgan fingerprint density at radius 1 is 1.09 bits per heavy atom. The molecule has 2 amide bonds. The normalized spacial score (nSPS) is 20.7. The van der Waals surface area contributed by atoms with E-state index in [1.54, 1.807) is 7.11 Å². The Kier molecular flexibility index (Phi) is 9.63. The number of carbonyl (C=O) groups excluding carboxylic acids is 2. The van der Waals surface area contributed by atoms with Crippen molar-refractivity contribution in [3.63, 3.8) is 0 Å². The molecule has 0 radical (unpaired) electrons. The van der Waals surface area contributed by atoms with Crippen LogP contribution in [0.5, 0.6) is 11.5 Å². The van der Waals surface area contributed by atoms with Crippen molar-refractivity contribution in [3.8, 4) is 11.5 Å². The highest BCUT2D eigenvalue weighted by Crippen LogP contribution is 2.25. The molecule has 0 unspecified atom stereocenters. The Morgan fingerprint density at radius 2 is 1.79 bits per heavy atom. The Bertz CT molecular complexity index is 805. The van der Waals surface area contributed by atoms with Crippen molar-refractivity contribution < 1.29 is 19.1 Å². The number of likely N-dealkylation sites (tertiary alicyclic amines) is 1. The van der Waals surface area contributed by atoms with Gasteiger partial charge in [0.05, 0.1) is 19.8 Å². The van der Waals surface area contributed by atoms with Gasteiger partial charge in [0, 0.05) is 32.2 Å². The molecular formula is C27H43N3O4. The van der Waals surface area contributed by atoms with Crippen LogP contribution in [-0.4, -0.2) is 73.6 Å². The van der Waals surface area contributed by atoms with E-state index >= 15 is 0 Å². The lowest BCUT2D eigenvalue weighted by molar-refractivity contribution is -0.150. The predicted molar refractivity (Wildman–Crippen MR) is 134 cm³/mol. The molecule has 0 aromatic heterocycles. The molecular weight excluding hydrogens is 430 g/mol. The molecule has 2 aliphatic heterocycles. The highest BCUT2D eigenvalue weighted by Gasteiger charge is 2.39. The second kappa shape index (κ2) is 12.4. The summed E-state index contributed by atoms with van der Waals surface area (Å²) in [6, 6.07) is 7.11.